The number of ether oxygens (including phenoxy) is 1. The molecule has 3 rings (SSSR count). The summed E-state index contributed by atoms with van der Waals surface area (Å²) < 4.78 is 4.66. The van der Waals surface area contributed by atoms with Gasteiger partial charge in [0.2, 0.25) is 0 Å². The van der Waals surface area contributed by atoms with Crippen LogP contribution < -0.4 is 10.2 Å². The number of aromatic nitrogens is 1. The van der Waals surface area contributed by atoms with Crippen molar-refractivity contribution >= 4 is 23.3 Å². The Morgan fingerprint density at radius 1 is 1.19 bits per heavy atom. The summed E-state index contributed by atoms with van der Waals surface area (Å²) in [6, 6.07) is 10.8. The van der Waals surface area contributed by atoms with E-state index in [9.17, 15) is 9.59 Å². The van der Waals surface area contributed by atoms with Crippen LogP contribution in [0, 0.1) is 0 Å². The molecule has 1 aromatic carbocycles. The number of nitrogens with one attached hydrogen (secondary N) is 1. The Kier molecular flexibility index (Phi) is 6.06. The highest BCUT2D eigenvalue weighted by Gasteiger charge is 2.21. The smallest absolute Gasteiger partial charge is 0.337 e. The number of amides is 1. The first-order valence-corrected chi connectivity index (χ1v) is 9.34. The van der Waals surface area contributed by atoms with Crippen LogP contribution in [0.5, 0.6) is 0 Å². The minimum Gasteiger partial charge on any atom is -0.465 e. The normalized spacial score (nSPS) is 16.7. The van der Waals surface area contributed by atoms with Gasteiger partial charge in [-0.2, -0.15) is 0 Å². The SMILES string of the molecule is CCC1CCCCN1c1ccc(C(=O)Nc2ccc(C(=O)OC)cc2)nc1. The minimum atomic E-state index is -0.409. The van der Waals surface area contributed by atoms with Gasteiger partial charge in [-0.15, -0.1) is 0 Å². The first-order chi connectivity index (χ1) is 13.1. The molecule has 142 valence electrons. The Balaban J connectivity index is 1.66. The van der Waals surface area contributed by atoms with E-state index in [0.29, 0.717) is 23.0 Å². The van der Waals surface area contributed by atoms with E-state index in [1.165, 1.54) is 26.4 Å². The van der Waals surface area contributed by atoms with Crippen LogP contribution in [0.25, 0.3) is 0 Å². The Morgan fingerprint density at radius 3 is 2.59 bits per heavy atom. The molecule has 2 heterocycles. The second-order valence-corrected chi connectivity index (χ2v) is 6.68. The maximum absolute atomic E-state index is 12.4. The summed E-state index contributed by atoms with van der Waals surface area (Å²) >= 11 is 0. The van der Waals surface area contributed by atoms with E-state index in [1.54, 1.807) is 36.5 Å². The molecule has 1 aromatic heterocycles. The standard InChI is InChI=1S/C21H25N3O3/c1-3-17-6-4-5-13-24(17)18-11-12-19(22-14-18)20(25)23-16-9-7-15(8-10-16)21(26)27-2/h7-12,14,17H,3-6,13H2,1-2H3,(H,23,25). The summed E-state index contributed by atoms with van der Waals surface area (Å²) in [6.45, 7) is 3.25. The predicted molar refractivity (Wildman–Crippen MR) is 105 cm³/mol. The molecule has 1 saturated heterocycles. The lowest BCUT2D eigenvalue weighted by Crippen LogP contribution is -2.39. The topological polar surface area (TPSA) is 71.5 Å². The molecule has 27 heavy (non-hydrogen) atoms. The molecule has 1 amide bonds. The van der Waals surface area contributed by atoms with Gasteiger partial charge in [0.1, 0.15) is 5.69 Å². The molecule has 1 unspecified atom stereocenters. The Bertz CT molecular complexity index is 787. The van der Waals surface area contributed by atoms with Gasteiger partial charge in [0, 0.05) is 18.3 Å². The highest BCUT2D eigenvalue weighted by Crippen LogP contribution is 2.26. The fraction of sp³-hybridized carbons (Fsp3) is 0.381. The molecule has 1 aliphatic heterocycles. The number of carbonyl (C=O) groups excluding carboxylic acids is 2. The molecule has 1 fully saturated rings. The van der Waals surface area contributed by atoms with Gasteiger partial charge in [-0.05, 0) is 62.1 Å². The molecule has 1 aliphatic rings. The molecule has 0 saturated carbocycles. The van der Waals surface area contributed by atoms with Gasteiger partial charge in [0.05, 0.1) is 24.6 Å². The van der Waals surface area contributed by atoms with Gasteiger partial charge in [-0.3, -0.25) is 4.79 Å². The number of hydrogen-bond donors (Lipinski definition) is 1. The van der Waals surface area contributed by atoms with Crippen molar-refractivity contribution < 1.29 is 14.3 Å². The number of pyridine rings is 1. The van der Waals surface area contributed by atoms with Crippen LogP contribution in [-0.2, 0) is 4.74 Å². The number of carbonyl (C=O) groups is 2. The van der Waals surface area contributed by atoms with E-state index < -0.39 is 5.97 Å². The van der Waals surface area contributed by atoms with Gasteiger partial charge in [0.25, 0.3) is 5.91 Å². The third-order valence-corrected chi connectivity index (χ3v) is 4.97. The van der Waals surface area contributed by atoms with Gasteiger partial charge in [0.15, 0.2) is 0 Å². The summed E-state index contributed by atoms with van der Waals surface area (Å²) in [6.07, 6.45) is 6.57. The number of hydrogen-bond acceptors (Lipinski definition) is 5. The maximum Gasteiger partial charge on any atom is 0.337 e. The third kappa shape index (κ3) is 4.45. The lowest BCUT2D eigenvalue weighted by molar-refractivity contribution is 0.0600. The van der Waals surface area contributed by atoms with Crippen molar-refractivity contribution in [2.75, 3.05) is 23.9 Å². The quantitative estimate of drug-likeness (QED) is 0.812. The van der Waals surface area contributed by atoms with E-state index in [1.807, 2.05) is 6.07 Å². The molecule has 0 aliphatic carbocycles. The zero-order valence-electron chi connectivity index (χ0n) is 15.8. The zero-order chi connectivity index (χ0) is 19.2. The van der Waals surface area contributed by atoms with E-state index >= 15 is 0 Å². The highest BCUT2D eigenvalue weighted by molar-refractivity contribution is 6.03. The van der Waals surface area contributed by atoms with E-state index in [-0.39, 0.29) is 5.91 Å². The molecule has 6 heteroatoms. The van der Waals surface area contributed by atoms with Crippen LogP contribution in [0.3, 0.4) is 0 Å². The predicted octanol–water partition coefficient (Wildman–Crippen LogP) is 3.89. The van der Waals surface area contributed by atoms with Gasteiger partial charge in [-0.25, -0.2) is 9.78 Å². The number of piperidine rings is 1. The van der Waals surface area contributed by atoms with Gasteiger partial charge >= 0.3 is 5.97 Å². The molecule has 0 spiro atoms. The van der Waals surface area contributed by atoms with Gasteiger partial charge < -0.3 is 15.0 Å². The lowest BCUT2D eigenvalue weighted by atomic mass is 9.99. The number of esters is 1. The molecule has 0 radical (unpaired) electrons. The molecule has 1 atom stereocenters. The summed E-state index contributed by atoms with van der Waals surface area (Å²) in [4.78, 5) is 30.6. The Morgan fingerprint density at radius 2 is 1.96 bits per heavy atom. The summed E-state index contributed by atoms with van der Waals surface area (Å²) in [7, 11) is 1.33. The average molecular weight is 367 g/mol. The fourth-order valence-corrected chi connectivity index (χ4v) is 3.46. The van der Waals surface area contributed by atoms with Crippen molar-refractivity contribution in [2.45, 2.75) is 38.6 Å². The monoisotopic (exact) mass is 367 g/mol. The lowest BCUT2D eigenvalue weighted by Gasteiger charge is -2.37. The molecule has 6 nitrogen and oxygen atoms in total. The first kappa shape index (κ1) is 18.9. The number of methoxy groups -OCH3 is 1. The van der Waals surface area contributed by atoms with Crippen LogP contribution in [0.1, 0.15) is 53.5 Å². The van der Waals surface area contributed by atoms with Crippen molar-refractivity contribution in [3.63, 3.8) is 0 Å². The number of rotatable bonds is 5. The largest absolute Gasteiger partial charge is 0.465 e. The van der Waals surface area contributed by atoms with Gasteiger partial charge in [-0.1, -0.05) is 6.92 Å². The number of anilines is 2. The van der Waals surface area contributed by atoms with Crippen molar-refractivity contribution in [3.8, 4) is 0 Å². The third-order valence-electron chi connectivity index (χ3n) is 4.97. The van der Waals surface area contributed by atoms with Crippen LogP contribution in [0.4, 0.5) is 11.4 Å². The first-order valence-electron chi connectivity index (χ1n) is 9.34. The highest BCUT2D eigenvalue weighted by atomic mass is 16.5. The second-order valence-electron chi connectivity index (χ2n) is 6.68. The number of benzene rings is 1. The van der Waals surface area contributed by atoms with Crippen LogP contribution in [0.15, 0.2) is 42.6 Å². The van der Waals surface area contributed by atoms with Crippen molar-refractivity contribution in [1.82, 2.24) is 4.98 Å². The van der Waals surface area contributed by atoms with Crippen molar-refractivity contribution in [1.29, 1.82) is 0 Å². The Hall–Kier alpha value is -2.89. The van der Waals surface area contributed by atoms with E-state index in [2.05, 4.69) is 26.9 Å². The zero-order valence-corrected chi connectivity index (χ0v) is 15.8. The van der Waals surface area contributed by atoms with E-state index in [0.717, 1.165) is 18.7 Å². The number of nitrogens with zero attached hydrogens (tertiary/aromatic N) is 2. The molecular formula is C21H25N3O3. The van der Waals surface area contributed by atoms with Crippen molar-refractivity contribution in [2.24, 2.45) is 0 Å². The van der Waals surface area contributed by atoms with Crippen LogP contribution >= 0.6 is 0 Å². The van der Waals surface area contributed by atoms with Crippen LogP contribution in [-0.4, -0.2) is 36.6 Å². The minimum absolute atomic E-state index is 0.280. The average Bonchev–Trinajstić information content (AvgIpc) is 2.73. The molecule has 2 aromatic rings. The molecular weight excluding hydrogens is 342 g/mol. The molecule has 1 N–H and O–H groups in total. The Labute approximate surface area is 159 Å². The second kappa shape index (κ2) is 8.66. The molecule has 0 bridgehead atoms. The summed E-state index contributed by atoms with van der Waals surface area (Å²) in [5.41, 5.74) is 2.46. The fourth-order valence-electron chi connectivity index (χ4n) is 3.46. The van der Waals surface area contributed by atoms with Crippen LogP contribution in [0.2, 0.25) is 0 Å². The maximum atomic E-state index is 12.4. The van der Waals surface area contributed by atoms with Crippen molar-refractivity contribution in [3.05, 3.63) is 53.9 Å². The summed E-state index contributed by atoms with van der Waals surface area (Å²) in [5.74, 6) is -0.689. The summed E-state index contributed by atoms with van der Waals surface area (Å²) in [5, 5.41) is 2.79. The van der Waals surface area contributed by atoms with E-state index in [4.69, 9.17) is 0 Å².